The Bertz CT molecular complexity index is 1230. The van der Waals surface area contributed by atoms with E-state index in [1.165, 1.54) is 6.26 Å². The number of anilines is 3. The fourth-order valence-electron chi connectivity index (χ4n) is 3.38. The predicted molar refractivity (Wildman–Crippen MR) is 120 cm³/mol. The quantitative estimate of drug-likeness (QED) is 0.462. The monoisotopic (exact) mass is 442 g/mol. The lowest BCUT2D eigenvalue weighted by Gasteiger charge is -2.16. The minimum absolute atomic E-state index is 0.112. The first kappa shape index (κ1) is 20.1. The molecule has 2 saturated carbocycles. The molecule has 0 bridgehead atoms. The van der Waals surface area contributed by atoms with E-state index in [9.17, 15) is 8.42 Å². The van der Waals surface area contributed by atoms with Gasteiger partial charge in [-0.05, 0) is 43.9 Å². The number of nitrogens with one attached hydrogen (secondary N) is 2. The molecule has 1 aromatic carbocycles. The van der Waals surface area contributed by atoms with E-state index >= 15 is 0 Å². The molecule has 2 aromatic heterocycles. The number of hydrogen-bond acceptors (Lipinski definition) is 8. The number of sulfone groups is 1. The number of ether oxygens (including phenoxy) is 1. The third kappa shape index (κ3) is 4.91. The molecule has 9 nitrogen and oxygen atoms in total. The Balaban J connectivity index is 1.42. The van der Waals surface area contributed by atoms with E-state index in [1.807, 2.05) is 18.2 Å². The van der Waals surface area contributed by atoms with E-state index in [0.717, 1.165) is 42.8 Å². The molecule has 0 amide bonds. The van der Waals surface area contributed by atoms with Crippen molar-refractivity contribution in [3.63, 3.8) is 0 Å². The maximum absolute atomic E-state index is 12.0. The highest BCUT2D eigenvalue weighted by molar-refractivity contribution is 7.89. The molecule has 5 rings (SSSR count). The van der Waals surface area contributed by atoms with E-state index in [-0.39, 0.29) is 11.3 Å². The zero-order valence-electron chi connectivity index (χ0n) is 17.3. The third-order valence-corrected chi connectivity index (χ3v) is 6.28. The first-order valence-electron chi connectivity index (χ1n) is 10.4. The second-order valence-electron chi connectivity index (χ2n) is 8.72. The van der Waals surface area contributed by atoms with Crippen molar-refractivity contribution in [3.05, 3.63) is 42.1 Å². The molecule has 3 aromatic rings. The number of benzene rings is 1. The number of hydrogen-bond donors (Lipinski definition) is 3. The van der Waals surface area contributed by atoms with Gasteiger partial charge in [-0.1, -0.05) is 0 Å². The molecule has 0 atom stereocenters. The first-order chi connectivity index (χ1) is 14.8. The zero-order chi connectivity index (χ0) is 21.6. The number of nitrogens with zero attached hydrogens (tertiary/aromatic N) is 3. The van der Waals surface area contributed by atoms with Crippen LogP contribution < -0.4 is 21.1 Å². The molecule has 0 spiro atoms. The van der Waals surface area contributed by atoms with Crippen LogP contribution in [0.4, 0.5) is 17.3 Å². The number of nitrogens with two attached hydrogens (primary N) is 1. The lowest BCUT2D eigenvalue weighted by molar-refractivity contribution is 0.277. The van der Waals surface area contributed by atoms with Gasteiger partial charge in [-0.3, -0.25) is 0 Å². The van der Waals surface area contributed by atoms with Gasteiger partial charge in [0.05, 0.1) is 17.5 Å². The number of rotatable bonds is 9. The van der Waals surface area contributed by atoms with Crippen molar-refractivity contribution >= 4 is 32.8 Å². The van der Waals surface area contributed by atoms with Crippen molar-refractivity contribution in [1.29, 1.82) is 0 Å². The van der Waals surface area contributed by atoms with Crippen LogP contribution in [0.2, 0.25) is 0 Å². The lowest BCUT2D eigenvalue weighted by Crippen LogP contribution is -2.30. The Kier molecular flexibility index (Phi) is 4.78. The third-order valence-electron chi connectivity index (χ3n) is 5.45. The van der Waals surface area contributed by atoms with E-state index in [0.29, 0.717) is 29.8 Å². The molecule has 2 fully saturated rings. The lowest BCUT2D eigenvalue weighted by atomic mass is 10.2. The Hall–Kier alpha value is -2.85. The largest absolute Gasteiger partial charge is 0.491 e. The van der Waals surface area contributed by atoms with Crippen LogP contribution in [0.1, 0.15) is 31.2 Å². The first-order valence-corrected chi connectivity index (χ1v) is 12.4. The summed E-state index contributed by atoms with van der Waals surface area (Å²) in [6, 6.07) is 9.66. The van der Waals surface area contributed by atoms with Gasteiger partial charge in [0.25, 0.3) is 0 Å². The van der Waals surface area contributed by atoms with E-state index < -0.39 is 9.84 Å². The standard InChI is InChI=1S/C21H26N6O3S/c1-31(28,29)12-14-10-16(4-5-17(14)30-13-21(22)7-8-21)24-18-11-20(25-15-2-3-15)27-19(26-18)6-9-23-27/h4-6,9-11,15,25H,2-3,7-8,12-13,22H2,1H3,(H,24,26). The number of aromatic nitrogens is 3. The van der Waals surface area contributed by atoms with Gasteiger partial charge in [0.15, 0.2) is 15.5 Å². The van der Waals surface area contributed by atoms with Crippen molar-refractivity contribution in [2.24, 2.45) is 5.73 Å². The highest BCUT2D eigenvalue weighted by Gasteiger charge is 2.39. The summed E-state index contributed by atoms with van der Waals surface area (Å²) in [6.45, 7) is 0.381. The van der Waals surface area contributed by atoms with Gasteiger partial charge in [0.2, 0.25) is 0 Å². The molecule has 0 unspecified atom stereocenters. The molecule has 2 heterocycles. The molecule has 2 aliphatic carbocycles. The maximum Gasteiger partial charge on any atom is 0.159 e. The second-order valence-corrected chi connectivity index (χ2v) is 10.9. The van der Waals surface area contributed by atoms with Crippen LogP contribution in [0.15, 0.2) is 36.5 Å². The van der Waals surface area contributed by atoms with Crippen molar-refractivity contribution in [1.82, 2.24) is 14.6 Å². The van der Waals surface area contributed by atoms with Crippen LogP contribution in [0.5, 0.6) is 5.75 Å². The van der Waals surface area contributed by atoms with Gasteiger partial charge < -0.3 is 21.1 Å². The molecule has 0 saturated heterocycles. The Morgan fingerprint density at radius 1 is 1.26 bits per heavy atom. The minimum Gasteiger partial charge on any atom is -0.491 e. The summed E-state index contributed by atoms with van der Waals surface area (Å²) < 4.78 is 31.6. The molecule has 4 N–H and O–H groups in total. The van der Waals surface area contributed by atoms with Crippen molar-refractivity contribution in [2.45, 2.75) is 43.0 Å². The molecule has 0 radical (unpaired) electrons. The Morgan fingerprint density at radius 2 is 2.06 bits per heavy atom. The SMILES string of the molecule is CS(=O)(=O)Cc1cc(Nc2cc(NC3CC3)n3nccc3n2)ccc1OCC1(N)CC1. The van der Waals surface area contributed by atoms with Crippen LogP contribution in [0.3, 0.4) is 0 Å². The average Bonchev–Trinajstić information content (AvgIpc) is 3.60. The Labute approximate surface area is 180 Å². The molecule has 2 aliphatic rings. The normalized spacial score (nSPS) is 17.5. The zero-order valence-corrected chi connectivity index (χ0v) is 18.2. The van der Waals surface area contributed by atoms with Gasteiger partial charge in [0.1, 0.15) is 24.0 Å². The smallest absolute Gasteiger partial charge is 0.159 e. The summed E-state index contributed by atoms with van der Waals surface area (Å²) in [6.07, 6.45) is 7.07. The van der Waals surface area contributed by atoms with Crippen LogP contribution in [-0.4, -0.2) is 47.5 Å². The second kappa shape index (κ2) is 7.38. The summed E-state index contributed by atoms with van der Waals surface area (Å²) in [5.74, 6) is 1.95. The average molecular weight is 443 g/mol. The van der Waals surface area contributed by atoms with Gasteiger partial charge in [-0.25, -0.2) is 13.4 Å². The highest BCUT2D eigenvalue weighted by Crippen LogP contribution is 2.34. The molecule has 10 heteroatoms. The predicted octanol–water partition coefficient (Wildman–Crippen LogP) is 2.46. The van der Waals surface area contributed by atoms with Crippen molar-refractivity contribution in [3.8, 4) is 5.75 Å². The maximum atomic E-state index is 12.0. The summed E-state index contributed by atoms with van der Waals surface area (Å²) >= 11 is 0. The van der Waals surface area contributed by atoms with Gasteiger partial charge in [-0.2, -0.15) is 9.61 Å². The fraction of sp³-hybridized carbons (Fsp3) is 0.429. The topological polar surface area (TPSA) is 124 Å². The summed E-state index contributed by atoms with van der Waals surface area (Å²) in [7, 11) is -3.24. The minimum atomic E-state index is -3.24. The highest BCUT2D eigenvalue weighted by atomic mass is 32.2. The van der Waals surface area contributed by atoms with E-state index in [2.05, 4.69) is 20.7 Å². The van der Waals surface area contributed by atoms with E-state index in [1.54, 1.807) is 22.8 Å². The van der Waals surface area contributed by atoms with Crippen LogP contribution in [0.25, 0.3) is 5.65 Å². The fourth-order valence-corrected chi connectivity index (χ4v) is 4.17. The van der Waals surface area contributed by atoms with Crippen LogP contribution in [0, 0.1) is 0 Å². The van der Waals surface area contributed by atoms with Gasteiger partial charge in [-0.15, -0.1) is 0 Å². The van der Waals surface area contributed by atoms with Crippen molar-refractivity contribution < 1.29 is 13.2 Å². The molecular weight excluding hydrogens is 416 g/mol. The van der Waals surface area contributed by atoms with Crippen LogP contribution in [-0.2, 0) is 15.6 Å². The number of fused-ring (bicyclic) bond motifs is 1. The molecule has 164 valence electrons. The summed E-state index contributed by atoms with van der Waals surface area (Å²) in [4.78, 5) is 4.61. The van der Waals surface area contributed by atoms with Gasteiger partial charge in [0, 0.05) is 35.7 Å². The summed E-state index contributed by atoms with van der Waals surface area (Å²) in [5, 5.41) is 11.1. The van der Waals surface area contributed by atoms with Gasteiger partial charge >= 0.3 is 0 Å². The van der Waals surface area contributed by atoms with Crippen molar-refractivity contribution in [2.75, 3.05) is 23.5 Å². The van der Waals surface area contributed by atoms with Crippen LogP contribution >= 0.6 is 0 Å². The molecular formula is C21H26N6O3S. The van der Waals surface area contributed by atoms with E-state index in [4.69, 9.17) is 10.5 Å². The molecule has 0 aliphatic heterocycles. The Morgan fingerprint density at radius 3 is 2.77 bits per heavy atom. The molecule has 31 heavy (non-hydrogen) atoms. The summed E-state index contributed by atoms with van der Waals surface area (Å²) in [5.41, 5.74) is 7.88.